The first-order valence-corrected chi connectivity index (χ1v) is 7.60. The molecule has 0 saturated heterocycles. The summed E-state index contributed by atoms with van der Waals surface area (Å²) >= 11 is 0. The lowest BCUT2D eigenvalue weighted by Gasteiger charge is -2.18. The van der Waals surface area contributed by atoms with Crippen LogP contribution in [0.5, 0.6) is 0 Å². The van der Waals surface area contributed by atoms with Gasteiger partial charge in [0.25, 0.3) is 5.56 Å². The summed E-state index contributed by atoms with van der Waals surface area (Å²) < 4.78 is 6.50. The number of ether oxygens (including phenoxy) is 1. The molecule has 23 heavy (non-hydrogen) atoms. The maximum atomic E-state index is 12.1. The van der Waals surface area contributed by atoms with Gasteiger partial charge >= 0.3 is 0 Å². The number of hydrogen-bond donors (Lipinski definition) is 1. The summed E-state index contributed by atoms with van der Waals surface area (Å²) in [5.41, 5.74) is 4.37. The highest BCUT2D eigenvalue weighted by Gasteiger charge is 2.14. The second-order valence-corrected chi connectivity index (χ2v) is 6.71. The van der Waals surface area contributed by atoms with Crippen LogP contribution in [0.3, 0.4) is 0 Å². The van der Waals surface area contributed by atoms with E-state index in [1.54, 1.807) is 7.11 Å². The SMILES string of the molecule is COCc1cc(=O)n2[nH]c(-c3ccc(C(C)(C)C)cc3)cc2n1. The number of benzene rings is 1. The van der Waals surface area contributed by atoms with Crippen molar-refractivity contribution in [3.63, 3.8) is 0 Å². The maximum absolute atomic E-state index is 12.1. The number of H-pyrrole nitrogens is 1. The van der Waals surface area contributed by atoms with Crippen molar-refractivity contribution < 1.29 is 4.74 Å². The summed E-state index contributed by atoms with van der Waals surface area (Å²) in [6.45, 7) is 6.88. The molecule has 0 amide bonds. The molecule has 2 heterocycles. The van der Waals surface area contributed by atoms with Gasteiger partial charge in [-0.3, -0.25) is 9.89 Å². The lowest BCUT2D eigenvalue weighted by molar-refractivity contribution is 0.181. The minimum absolute atomic E-state index is 0.118. The molecule has 120 valence electrons. The molecule has 0 aliphatic carbocycles. The van der Waals surface area contributed by atoms with Crippen LogP contribution in [-0.4, -0.2) is 21.7 Å². The standard InChI is InChI=1S/C18H21N3O2/c1-18(2,3)13-7-5-12(6-8-13)15-10-16-19-14(11-23-4)9-17(22)21(16)20-15/h5-10,20H,11H2,1-4H3. The Labute approximate surface area is 134 Å². The first-order chi connectivity index (χ1) is 10.9. The molecule has 0 aliphatic heterocycles. The Morgan fingerprint density at radius 3 is 2.48 bits per heavy atom. The van der Waals surface area contributed by atoms with E-state index in [-0.39, 0.29) is 11.0 Å². The molecule has 0 saturated carbocycles. The quantitative estimate of drug-likeness (QED) is 0.808. The Balaban J connectivity index is 2.03. The zero-order valence-corrected chi connectivity index (χ0v) is 13.9. The van der Waals surface area contributed by atoms with E-state index in [4.69, 9.17) is 4.74 Å². The molecular weight excluding hydrogens is 290 g/mol. The van der Waals surface area contributed by atoms with Gasteiger partial charge in [-0.05, 0) is 16.5 Å². The molecule has 5 heteroatoms. The number of rotatable bonds is 3. The molecule has 1 aromatic carbocycles. The van der Waals surface area contributed by atoms with Gasteiger partial charge < -0.3 is 4.74 Å². The minimum atomic E-state index is -0.139. The number of hydrogen-bond acceptors (Lipinski definition) is 3. The third kappa shape index (κ3) is 3.05. The van der Waals surface area contributed by atoms with Crippen molar-refractivity contribution in [2.45, 2.75) is 32.8 Å². The Morgan fingerprint density at radius 2 is 1.87 bits per heavy atom. The van der Waals surface area contributed by atoms with Crippen molar-refractivity contribution in [1.82, 2.24) is 14.6 Å². The summed E-state index contributed by atoms with van der Waals surface area (Å²) in [5, 5.41) is 3.11. The molecule has 0 unspecified atom stereocenters. The van der Waals surface area contributed by atoms with Crippen LogP contribution in [0, 0.1) is 0 Å². The van der Waals surface area contributed by atoms with Crippen LogP contribution in [-0.2, 0) is 16.8 Å². The summed E-state index contributed by atoms with van der Waals surface area (Å²) in [4.78, 5) is 16.6. The second kappa shape index (κ2) is 5.66. The van der Waals surface area contributed by atoms with E-state index in [1.165, 1.54) is 16.1 Å². The molecule has 0 radical (unpaired) electrons. The van der Waals surface area contributed by atoms with E-state index in [0.717, 1.165) is 11.3 Å². The fourth-order valence-corrected chi connectivity index (χ4v) is 2.56. The lowest BCUT2D eigenvalue weighted by Crippen LogP contribution is -2.15. The van der Waals surface area contributed by atoms with Gasteiger partial charge in [-0.15, -0.1) is 0 Å². The first-order valence-electron chi connectivity index (χ1n) is 7.60. The highest BCUT2D eigenvalue weighted by atomic mass is 16.5. The zero-order chi connectivity index (χ0) is 16.6. The van der Waals surface area contributed by atoms with Gasteiger partial charge in [-0.2, -0.15) is 0 Å². The molecule has 3 rings (SSSR count). The van der Waals surface area contributed by atoms with Crippen LogP contribution < -0.4 is 5.56 Å². The predicted octanol–water partition coefficient (Wildman–Crippen LogP) is 3.13. The molecule has 0 fully saturated rings. The molecule has 1 N–H and O–H groups in total. The average molecular weight is 311 g/mol. The van der Waals surface area contributed by atoms with Crippen molar-refractivity contribution in [3.05, 3.63) is 58.0 Å². The molecule has 0 bridgehead atoms. The third-order valence-electron chi connectivity index (χ3n) is 3.86. The number of nitrogens with zero attached hydrogens (tertiary/aromatic N) is 2. The van der Waals surface area contributed by atoms with E-state index in [0.29, 0.717) is 17.9 Å². The van der Waals surface area contributed by atoms with Crippen molar-refractivity contribution in [3.8, 4) is 11.3 Å². The maximum Gasteiger partial charge on any atom is 0.272 e. The van der Waals surface area contributed by atoms with Crippen LogP contribution >= 0.6 is 0 Å². The molecule has 3 aromatic rings. The minimum Gasteiger partial charge on any atom is -0.378 e. The highest BCUT2D eigenvalue weighted by Crippen LogP contribution is 2.25. The summed E-state index contributed by atoms with van der Waals surface area (Å²) in [5.74, 6) is 0. The summed E-state index contributed by atoms with van der Waals surface area (Å²) in [6, 6.07) is 11.7. The van der Waals surface area contributed by atoms with E-state index < -0.39 is 0 Å². The van der Waals surface area contributed by atoms with Gasteiger partial charge in [0, 0.05) is 19.2 Å². The smallest absolute Gasteiger partial charge is 0.272 e. The molecule has 0 atom stereocenters. The molecular formula is C18H21N3O2. The zero-order valence-electron chi connectivity index (χ0n) is 13.9. The Kier molecular flexibility index (Phi) is 3.82. The lowest BCUT2D eigenvalue weighted by atomic mass is 9.86. The van der Waals surface area contributed by atoms with E-state index in [9.17, 15) is 4.79 Å². The summed E-state index contributed by atoms with van der Waals surface area (Å²) in [7, 11) is 1.59. The van der Waals surface area contributed by atoms with Gasteiger partial charge in [0.15, 0.2) is 5.65 Å². The van der Waals surface area contributed by atoms with E-state index in [2.05, 4.69) is 55.1 Å². The van der Waals surface area contributed by atoms with Crippen LogP contribution in [0.25, 0.3) is 16.9 Å². The van der Waals surface area contributed by atoms with Gasteiger partial charge in [0.1, 0.15) is 0 Å². The summed E-state index contributed by atoms with van der Waals surface area (Å²) in [6.07, 6.45) is 0. The van der Waals surface area contributed by atoms with Gasteiger partial charge in [-0.1, -0.05) is 45.0 Å². The second-order valence-electron chi connectivity index (χ2n) is 6.71. The topological polar surface area (TPSA) is 59.4 Å². The fourth-order valence-electron chi connectivity index (χ4n) is 2.56. The third-order valence-corrected chi connectivity index (χ3v) is 3.86. The molecule has 2 aromatic heterocycles. The Bertz CT molecular complexity index is 883. The number of fused-ring (bicyclic) bond motifs is 1. The van der Waals surface area contributed by atoms with Crippen LogP contribution in [0.1, 0.15) is 32.0 Å². The van der Waals surface area contributed by atoms with Crippen LogP contribution in [0.4, 0.5) is 0 Å². The van der Waals surface area contributed by atoms with Crippen molar-refractivity contribution in [2.24, 2.45) is 0 Å². The van der Waals surface area contributed by atoms with Crippen molar-refractivity contribution in [2.75, 3.05) is 7.11 Å². The number of aromatic nitrogens is 3. The van der Waals surface area contributed by atoms with Crippen LogP contribution in [0.15, 0.2) is 41.2 Å². The van der Waals surface area contributed by atoms with Gasteiger partial charge in [0.05, 0.1) is 18.0 Å². The van der Waals surface area contributed by atoms with Crippen molar-refractivity contribution in [1.29, 1.82) is 0 Å². The van der Waals surface area contributed by atoms with E-state index >= 15 is 0 Å². The largest absolute Gasteiger partial charge is 0.378 e. The Morgan fingerprint density at radius 1 is 1.17 bits per heavy atom. The molecule has 5 nitrogen and oxygen atoms in total. The van der Waals surface area contributed by atoms with Crippen molar-refractivity contribution >= 4 is 5.65 Å². The van der Waals surface area contributed by atoms with E-state index in [1.807, 2.05) is 6.07 Å². The first kappa shape index (κ1) is 15.5. The number of aromatic amines is 1. The Hall–Kier alpha value is -2.40. The van der Waals surface area contributed by atoms with Crippen LogP contribution in [0.2, 0.25) is 0 Å². The monoisotopic (exact) mass is 311 g/mol. The molecule has 0 aliphatic rings. The normalized spacial score (nSPS) is 12.0. The number of methoxy groups -OCH3 is 1. The average Bonchev–Trinajstić information content (AvgIpc) is 2.91. The predicted molar refractivity (Wildman–Crippen MR) is 90.7 cm³/mol. The van der Waals surface area contributed by atoms with Gasteiger partial charge in [-0.25, -0.2) is 9.50 Å². The highest BCUT2D eigenvalue weighted by molar-refractivity contribution is 5.64. The van der Waals surface area contributed by atoms with Gasteiger partial charge in [0.2, 0.25) is 0 Å². The fraction of sp³-hybridized carbons (Fsp3) is 0.333. The number of nitrogens with one attached hydrogen (secondary N) is 1. The molecule has 0 spiro atoms.